The Morgan fingerprint density at radius 3 is 3.14 bits per heavy atom. The van der Waals surface area contributed by atoms with Gasteiger partial charge in [-0.25, -0.2) is 4.79 Å². The molecule has 0 aromatic carbocycles. The number of thiophene rings is 1. The van der Waals surface area contributed by atoms with E-state index in [4.69, 9.17) is 10.5 Å². The van der Waals surface area contributed by atoms with Crippen LogP contribution in [0.2, 0.25) is 0 Å². The van der Waals surface area contributed by atoms with E-state index in [9.17, 15) is 4.79 Å². The molecule has 2 heterocycles. The fourth-order valence-electron chi connectivity index (χ4n) is 1.42. The molecule has 1 saturated heterocycles. The van der Waals surface area contributed by atoms with Gasteiger partial charge >= 0.3 is 6.09 Å². The summed E-state index contributed by atoms with van der Waals surface area (Å²) in [4.78, 5) is 14.2. The number of hydrogen-bond donors (Lipinski definition) is 1. The van der Waals surface area contributed by atoms with Crippen LogP contribution in [0, 0.1) is 0 Å². The van der Waals surface area contributed by atoms with Crippen molar-refractivity contribution in [2.45, 2.75) is 12.6 Å². The summed E-state index contributed by atoms with van der Waals surface area (Å²) < 4.78 is 5.04. The molecule has 1 aliphatic rings. The number of rotatable bonds is 3. The van der Waals surface area contributed by atoms with E-state index in [1.807, 2.05) is 17.5 Å². The topological polar surface area (TPSA) is 55.6 Å². The van der Waals surface area contributed by atoms with Crippen LogP contribution in [0.15, 0.2) is 17.5 Å². The second kappa shape index (κ2) is 3.98. The van der Waals surface area contributed by atoms with Gasteiger partial charge in [0.15, 0.2) is 0 Å². The Bertz CT molecular complexity index is 313. The average molecular weight is 212 g/mol. The molecular formula is C9H12N2O2S. The molecule has 2 rings (SSSR count). The van der Waals surface area contributed by atoms with Crippen molar-refractivity contribution in [1.29, 1.82) is 0 Å². The molecule has 1 atom stereocenters. The quantitative estimate of drug-likeness (QED) is 0.814. The molecule has 5 heteroatoms. The van der Waals surface area contributed by atoms with Gasteiger partial charge in [0.25, 0.3) is 0 Å². The van der Waals surface area contributed by atoms with Crippen LogP contribution in [0.4, 0.5) is 4.79 Å². The standard InChI is InChI=1S/C9H12N2O2S/c10-4-7-5-11(9(12)13-7)6-8-2-1-3-14-8/h1-3,7H,4-6,10H2/t7-/m0/s1. The van der Waals surface area contributed by atoms with Gasteiger partial charge in [0.2, 0.25) is 0 Å². The third-order valence-electron chi connectivity index (χ3n) is 2.14. The molecule has 1 aromatic rings. The number of hydrogen-bond acceptors (Lipinski definition) is 4. The fraction of sp³-hybridized carbons (Fsp3) is 0.444. The van der Waals surface area contributed by atoms with Crippen molar-refractivity contribution in [3.8, 4) is 0 Å². The van der Waals surface area contributed by atoms with Crippen LogP contribution in [0.25, 0.3) is 0 Å². The zero-order chi connectivity index (χ0) is 9.97. The number of carbonyl (C=O) groups is 1. The lowest BCUT2D eigenvalue weighted by Crippen LogP contribution is -2.27. The van der Waals surface area contributed by atoms with Crippen LogP contribution in [0.5, 0.6) is 0 Å². The lowest BCUT2D eigenvalue weighted by atomic mass is 10.3. The second-order valence-corrected chi connectivity index (χ2v) is 4.23. The molecule has 0 saturated carbocycles. The van der Waals surface area contributed by atoms with E-state index in [0.717, 1.165) is 0 Å². The molecule has 1 amide bonds. The van der Waals surface area contributed by atoms with Gasteiger partial charge in [0.05, 0.1) is 13.1 Å². The molecule has 1 aliphatic heterocycles. The molecule has 1 aromatic heterocycles. The summed E-state index contributed by atoms with van der Waals surface area (Å²) in [5.74, 6) is 0. The molecule has 14 heavy (non-hydrogen) atoms. The number of nitrogens with zero attached hydrogens (tertiary/aromatic N) is 1. The summed E-state index contributed by atoms with van der Waals surface area (Å²) in [6, 6.07) is 3.98. The molecule has 4 nitrogen and oxygen atoms in total. The highest BCUT2D eigenvalue weighted by Gasteiger charge is 2.30. The number of carbonyl (C=O) groups excluding carboxylic acids is 1. The first-order chi connectivity index (χ1) is 6.79. The molecule has 0 aliphatic carbocycles. The maximum absolute atomic E-state index is 11.3. The summed E-state index contributed by atoms with van der Waals surface area (Å²) in [5.41, 5.74) is 5.43. The predicted molar refractivity (Wildman–Crippen MR) is 54.1 cm³/mol. The van der Waals surface area contributed by atoms with Gasteiger partial charge in [-0.05, 0) is 11.4 Å². The van der Waals surface area contributed by atoms with Crippen LogP contribution in [0.1, 0.15) is 4.88 Å². The first-order valence-corrected chi connectivity index (χ1v) is 5.35. The van der Waals surface area contributed by atoms with Crippen molar-refractivity contribution >= 4 is 17.4 Å². The van der Waals surface area contributed by atoms with E-state index in [0.29, 0.717) is 19.6 Å². The third kappa shape index (κ3) is 1.88. The minimum Gasteiger partial charge on any atom is -0.443 e. The maximum Gasteiger partial charge on any atom is 0.410 e. The van der Waals surface area contributed by atoms with Gasteiger partial charge in [-0.2, -0.15) is 0 Å². The molecule has 76 valence electrons. The molecule has 0 bridgehead atoms. The van der Waals surface area contributed by atoms with Gasteiger partial charge < -0.3 is 10.5 Å². The van der Waals surface area contributed by atoms with Crippen molar-refractivity contribution in [2.24, 2.45) is 5.73 Å². The first kappa shape index (κ1) is 9.48. The molecule has 0 spiro atoms. The van der Waals surface area contributed by atoms with E-state index in [-0.39, 0.29) is 12.2 Å². The monoisotopic (exact) mass is 212 g/mol. The van der Waals surface area contributed by atoms with Crippen LogP contribution in [-0.4, -0.2) is 30.2 Å². The lowest BCUT2D eigenvalue weighted by Gasteiger charge is -2.10. The number of amides is 1. The molecule has 0 radical (unpaired) electrons. The molecule has 1 fully saturated rings. The SMILES string of the molecule is NC[C@H]1CN(Cc2cccs2)C(=O)O1. The van der Waals surface area contributed by atoms with E-state index < -0.39 is 0 Å². The van der Waals surface area contributed by atoms with E-state index in [2.05, 4.69) is 0 Å². The summed E-state index contributed by atoms with van der Waals surface area (Å²) in [5, 5.41) is 2.00. The number of cyclic esters (lactones) is 1. The largest absolute Gasteiger partial charge is 0.443 e. The van der Waals surface area contributed by atoms with Crippen molar-refractivity contribution < 1.29 is 9.53 Å². The highest BCUT2D eigenvalue weighted by Crippen LogP contribution is 2.17. The Morgan fingerprint density at radius 1 is 1.71 bits per heavy atom. The van der Waals surface area contributed by atoms with Crippen LogP contribution < -0.4 is 5.73 Å². The van der Waals surface area contributed by atoms with Crippen molar-refractivity contribution in [2.75, 3.05) is 13.1 Å². The Labute approximate surface area is 86.3 Å². The van der Waals surface area contributed by atoms with Crippen molar-refractivity contribution in [1.82, 2.24) is 4.90 Å². The van der Waals surface area contributed by atoms with Gasteiger partial charge in [-0.3, -0.25) is 4.90 Å². The highest BCUT2D eigenvalue weighted by atomic mass is 32.1. The molecule has 0 unspecified atom stereocenters. The smallest absolute Gasteiger partial charge is 0.410 e. The third-order valence-corrected chi connectivity index (χ3v) is 3.00. The van der Waals surface area contributed by atoms with Gasteiger partial charge in [0, 0.05) is 11.4 Å². The Hall–Kier alpha value is -1.07. The summed E-state index contributed by atoms with van der Waals surface area (Å²) in [6.07, 6.45) is -0.392. The normalized spacial score (nSPS) is 21.4. The van der Waals surface area contributed by atoms with Gasteiger partial charge in [0.1, 0.15) is 6.10 Å². The van der Waals surface area contributed by atoms with Crippen molar-refractivity contribution in [3.05, 3.63) is 22.4 Å². The fourth-order valence-corrected chi connectivity index (χ4v) is 2.14. The van der Waals surface area contributed by atoms with E-state index in [1.165, 1.54) is 4.88 Å². The zero-order valence-corrected chi connectivity index (χ0v) is 8.50. The predicted octanol–water partition coefficient (Wildman–Crippen LogP) is 1.03. The Morgan fingerprint density at radius 2 is 2.57 bits per heavy atom. The highest BCUT2D eigenvalue weighted by molar-refractivity contribution is 7.09. The Kier molecular flexibility index (Phi) is 2.69. The summed E-state index contributed by atoms with van der Waals surface area (Å²) >= 11 is 1.64. The first-order valence-electron chi connectivity index (χ1n) is 4.47. The minimum atomic E-state index is -0.256. The lowest BCUT2D eigenvalue weighted by molar-refractivity contribution is 0.134. The molecule has 2 N–H and O–H groups in total. The van der Waals surface area contributed by atoms with Crippen LogP contribution in [-0.2, 0) is 11.3 Å². The average Bonchev–Trinajstić information content (AvgIpc) is 2.78. The zero-order valence-electron chi connectivity index (χ0n) is 7.68. The second-order valence-electron chi connectivity index (χ2n) is 3.20. The summed E-state index contributed by atoms with van der Waals surface area (Å²) in [6.45, 7) is 1.63. The van der Waals surface area contributed by atoms with Crippen LogP contribution in [0.3, 0.4) is 0 Å². The number of ether oxygens (including phenoxy) is 1. The summed E-state index contributed by atoms with van der Waals surface area (Å²) in [7, 11) is 0. The van der Waals surface area contributed by atoms with Gasteiger partial charge in [-0.15, -0.1) is 11.3 Å². The van der Waals surface area contributed by atoms with Crippen molar-refractivity contribution in [3.63, 3.8) is 0 Å². The van der Waals surface area contributed by atoms with Crippen LogP contribution >= 0.6 is 11.3 Å². The Balaban J connectivity index is 1.96. The van der Waals surface area contributed by atoms with E-state index >= 15 is 0 Å². The minimum absolute atomic E-state index is 0.137. The van der Waals surface area contributed by atoms with E-state index in [1.54, 1.807) is 16.2 Å². The number of nitrogens with two attached hydrogens (primary N) is 1. The molecular weight excluding hydrogens is 200 g/mol. The van der Waals surface area contributed by atoms with Gasteiger partial charge in [-0.1, -0.05) is 6.07 Å². The maximum atomic E-state index is 11.3.